The average molecular weight is 470 g/mol. The molecule has 1 unspecified atom stereocenters. The average Bonchev–Trinajstić information content (AvgIpc) is 2.82. The van der Waals surface area contributed by atoms with Gasteiger partial charge in [-0.15, -0.1) is 0 Å². The maximum Gasteiger partial charge on any atom is 0.321 e. The van der Waals surface area contributed by atoms with E-state index in [-0.39, 0.29) is 23.4 Å². The molecule has 8 heteroatoms. The molecule has 2 aliphatic rings. The predicted octanol–water partition coefficient (Wildman–Crippen LogP) is 3.24. The molecule has 3 rings (SSSR count). The zero-order chi connectivity index (χ0) is 24.8. The van der Waals surface area contributed by atoms with Gasteiger partial charge < -0.3 is 20.9 Å². The first-order chi connectivity index (χ1) is 16.2. The summed E-state index contributed by atoms with van der Waals surface area (Å²) < 4.78 is 0. The van der Waals surface area contributed by atoms with E-state index in [1.807, 2.05) is 24.0 Å². The Balaban J connectivity index is 1.78. The number of nitrogens with zero attached hydrogens (tertiary/aromatic N) is 3. The lowest BCUT2D eigenvalue weighted by molar-refractivity contribution is -0.138. The van der Waals surface area contributed by atoms with E-state index in [0.717, 1.165) is 63.0 Å². The van der Waals surface area contributed by atoms with Crippen molar-refractivity contribution in [3.05, 3.63) is 34.7 Å². The minimum Gasteiger partial charge on any atom is -0.366 e. The molecule has 34 heavy (non-hydrogen) atoms. The lowest BCUT2D eigenvalue weighted by Gasteiger charge is -2.37. The van der Waals surface area contributed by atoms with Gasteiger partial charge in [0.1, 0.15) is 0 Å². The molecule has 0 radical (unpaired) electrons. The molecule has 2 saturated heterocycles. The fraction of sp³-hybridized carbons (Fsp3) is 0.615. The Labute approximate surface area is 203 Å². The number of likely N-dealkylation sites (tertiary alicyclic amines) is 2. The van der Waals surface area contributed by atoms with Gasteiger partial charge in [0.25, 0.3) is 0 Å². The number of urea groups is 1. The summed E-state index contributed by atoms with van der Waals surface area (Å²) in [4.78, 5) is 46.8. The van der Waals surface area contributed by atoms with Gasteiger partial charge in [-0.05, 0) is 64.0 Å². The molecule has 0 spiro atoms. The van der Waals surface area contributed by atoms with Crippen LogP contribution in [0.15, 0.2) is 17.7 Å². The molecule has 8 nitrogen and oxygen atoms in total. The van der Waals surface area contributed by atoms with Gasteiger partial charge in [0.2, 0.25) is 11.8 Å². The summed E-state index contributed by atoms with van der Waals surface area (Å²) in [6.07, 6.45) is 5.24. The van der Waals surface area contributed by atoms with Gasteiger partial charge in [-0.1, -0.05) is 20.3 Å². The van der Waals surface area contributed by atoms with Crippen LogP contribution in [0.3, 0.4) is 0 Å². The molecule has 4 amide bonds. The number of nitrogens with two attached hydrogens (primary N) is 1. The first kappa shape index (κ1) is 25.7. The Hall–Kier alpha value is -2.90. The molecule has 0 saturated carbocycles. The molecule has 0 bridgehead atoms. The first-order valence-corrected chi connectivity index (χ1v) is 12.5. The van der Waals surface area contributed by atoms with Crippen LogP contribution in [0.25, 0.3) is 5.70 Å². The molecule has 186 valence electrons. The zero-order valence-corrected chi connectivity index (χ0v) is 21.0. The molecular formula is C26H39N5O3. The van der Waals surface area contributed by atoms with E-state index in [4.69, 9.17) is 5.73 Å². The number of aryl methyl sites for hydroxylation is 2. The van der Waals surface area contributed by atoms with Gasteiger partial charge >= 0.3 is 6.03 Å². The Bertz CT molecular complexity index is 950. The van der Waals surface area contributed by atoms with Crippen LogP contribution >= 0.6 is 0 Å². The summed E-state index contributed by atoms with van der Waals surface area (Å²) in [5.74, 6) is 0.0327. The number of rotatable bonds is 6. The number of nitrogens with one attached hydrogen (secondary N) is 1. The predicted molar refractivity (Wildman–Crippen MR) is 133 cm³/mol. The van der Waals surface area contributed by atoms with Gasteiger partial charge in [-0.3, -0.25) is 14.6 Å². The number of primary amides is 1. The number of pyridine rings is 1. The molecular weight excluding hydrogens is 430 g/mol. The van der Waals surface area contributed by atoms with Gasteiger partial charge in [0.15, 0.2) is 0 Å². The molecule has 0 aliphatic carbocycles. The second kappa shape index (κ2) is 11.5. The molecule has 0 aromatic carbocycles. The summed E-state index contributed by atoms with van der Waals surface area (Å²) >= 11 is 0. The van der Waals surface area contributed by atoms with Crippen molar-refractivity contribution < 1.29 is 14.4 Å². The Kier molecular flexibility index (Phi) is 8.69. The number of aromatic nitrogens is 1. The normalized spacial score (nSPS) is 20.1. The number of carbonyl (C=O) groups is 3. The highest BCUT2D eigenvalue weighted by molar-refractivity contribution is 6.02. The van der Waals surface area contributed by atoms with Crippen LogP contribution in [0.4, 0.5) is 4.79 Å². The third-order valence-electron chi connectivity index (χ3n) is 7.00. The summed E-state index contributed by atoms with van der Waals surface area (Å²) in [6.45, 7) is 10.4. The SMILES string of the molecule is CCCc1nc(C)ccc1/C(NC(=O)N1CCCC(C(=O)N2CCC(C)CC2)C1)=C(\C)C(N)=O. The minimum atomic E-state index is -0.593. The van der Waals surface area contributed by atoms with Crippen molar-refractivity contribution in [1.82, 2.24) is 20.1 Å². The quantitative estimate of drug-likeness (QED) is 0.624. The number of piperidine rings is 2. The van der Waals surface area contributed by atoms with Gasteiger partial charge in [-0.2, -0.15) is 0 Å². The van der Waals surface area contributed by atoms with Crippen molar-refractivity contribution in [3.8, 4) is 0 Å². The van der Waals surface area contributed by atoms with E-state index in [1.165, 1.54) is 0 Å². The number of hydrogen-bond donors (Lipinski definition) is 2. The lowest BCUT2D eigenvalue weighted by Crippen LogP contribution is -2.50. The summed E-state index contributed by atoms with van der Waals surface area (Å²) in [7, 11) is 0. The zero-order valence-electron chi connectivity index (χ0n) is 21.0. The Morgan fingerprint density at radius 3 is 2.47 bits per heavy atom. The highest BCUT2D eigenvalue weighted by Crippen LogP contribution is 2.25. The Morgan fingerprint density at radius 1 is 1.12 bits per heavy atom. The fourth-order valence-corrected chi connectivity index (χ4v) is 4.79. The van der Waals surface area contributed by atoms with E-state index < -0.39 is 5.91 Å². The Morgan fingerprint density at radius 2 is 1.82 bits per heavy atom. The van der Waals surface area contributed by atoms with Crippen LogP contribution in [0.1, 0.15) is 69.8 Å². The molecule has 1 aromatic heterocycles. The summed E-state index contributed by atoms with van der Waals surface area (Å²) in [6, 6.07) is 3.43. The number of amides is 4. The standard InChI is InChI=1S/C26H39N5O3/c1-5-7-22-21(10-9-18(3)28-22)23(19(4)24(27)32)29-26(34)31-13-6-8-20(16-31)25(33)30-14-11-17(2)12-15-30/h9-10,17,20H,5-8,11-16H2,1-4H3,(H2,27,32)(H,29,34)/b23-19-. The maximum absolute atomic E-state index is 13.3. The van der Waals surface area contributed by atoms with Crippen molar-refractivity contribution >= 4 is 23.5 Å². The van der Waals surface area contributed by atoms with Crippen molar-refractivity contribution in [2.45, 2.75) is 66.2 Å². The minimum absolute atomic E-state index is 0.154. The molecule has 1 aromatic rings. The molecule has 3 heterocycles. The molecule has 2 aliphatic heterocycles. The second-order valence-electron chi connectivity index (χ2n) is 9.78. The van der Waals surface area contributed by atoms with Crippen LogP contribution in [-0.4, -0.2) is 58.8 Å². The monoisotopic (exact) mass is 469 g/mol. The fourth-order valence-electron chi connectivity index (χ4n) is 4.79. The van der Waals surface area contributed by atoms with E-state index in [9.17, 15) is 14.4 Å². The lowest BCUT2D eigenvalue weighted by atomic mass is 9.93. The van der Waals surface area contributed by atoms with E-state index in [0.29, 0.717) is 30.3 Å². The van der Waals surface area contributed by atoms with Crippen LogP contribution in [-0.2, 0) is 16.0 Å². The van der Waals surface area contributed by atoms with Crippen LogP contribution in [0, 0.1) is 18.8 Å². The second-order valence-corrected chi connectivity index (χ2v) is 9.78. The molecule has 2 fully saturated rings. The smallest absolute Gasteiger partial charge is 0.321 e. The third-order valence-corrected chi connectivity index (χ3v) is 7.00. The van der Waals surface area contributed by atoms with Gasteiger partial charge in [-0.25, -0.2) is 4.79 Å². The highest BCUT2D eigenvalue weighted by atomic mass is 16.2. The van der Waals surface area contributed by atoms with Crippen molar-refractivity contribution in [2.75, 3.05) is 26.2 Å². The van der Waals surface area contributed by atoms with Crippen LogP contribution in [0.5, 0.6) is 0 Å². The van der Waals surface area contributed by atoms with E-state index in [1.54, 1.807) is 11.8 Å². The summed E-state index contributed by atoms with van der Waals surface area (Å²) in [5.41, 5.74) is 8.69. The van der Waals surface area contributed by atoms with Crippen molar-refractivity contribution in [2.24, 2.45) is 17.6 Å². The molecule has 3 N–H and O–H groups in total. The number of carbonyl (C=O) groups excluding carboxylic acids is 3. The third kappa shape index (κ3) is 6.15. The molecule has 1 atom stereocenters. The van der Waals surface area contributed by atoms with Crippen molar-refractivity contribution in [3.63, 3.8) is 0 Å². The first-order valence-electron chi connectivity index (χ1n) is 12.5. The topological polar surface area (TPSA) is 109 Å². The number of hydrogen-bond acceptors (Lipinski definition) is 4. The van der Waals surface area contributed by atoms with Gasteiger partial charge in [0, 0.05) is 48.7 Å². The highest BCUT2D eigenvalue weighted by Gasteiger charge is 2.33. The largest absolute Gasteiger partial charge is 0.366 e. The van der Waals surface area contributed by atoms with Crippen LogP contribution < -0.4 is 11.1 Å². The van der Waals surface area contributed by atoms with E-state index >= 15 is 0 Å². The van der Waals surface area contributed by atoms with Crippen LogP contribution in [0.2, 0.25) is 0 Å². The maximum atomic E-state index is 13.3. The van der Waals surface area contributed by atoms with Crippen molar-refractivity contribution in [1.29, 1.82) is 0 Å². The summed E-state index contributed by atoms with van der Waals surface area (Å²) in [5, 5.41) is 2.95. The van der Waals surface area contributed by atoms with E-state index in [2.05, 4.69) is 24.1 Å². The van der Waals surface area contributed by atoms with Gasteiger partial charge in [0.05, 0.1) is 11.6 Å².